The van der Waals surface area contributed by atoms with Crippen LogP contribution >= 0.6 is 0 Å². The van der Waals surface area contributed by atoms with Crippen molar-refractivity contribution in [3.63, 3.8) is 0 Å². The fraction of sp³-hybridized carbons (Fsp3) is 0.405. The highest BCUT2D eigenvalue weighted by Crippen LogP contribution is 2.53. The molecule has 0 fully saturated rings. The highest BCUT2D eigenvalue weighted by atomic mass is 32.2. The van der Waals surface area contributed by atoms with Crippen LogP contribution in [-0.4, -0.2) is 89.6 Å². The standard InChI is InChI=1S/C74H90N8O8S4/c1-10-50(11-2)42-46-75-91(83,84)57-26-18-53(19-27-57)69-61-34-36-63-70(54-20-28-58(29-21-54)92(85,86)76-47-43-51(12-3)13-4)65-38-40-67-72(56-24-32-60(33-25-56)94(89,90)78-49-45-73(9,16-7)17-8)68-41-39-66-71(64-37-35-62(69)80(64)74(79(61)63,81(65)67)82(66)68)55-22-30-59(31-23-55)93(87,88)77-48-44-52(14-5)15-6/h18-41,50-52,75-78H,10-17,42-49H2,1-9H3/q+2. The first kappa shape index (κ1) is 67.1. The van der Waals surface area contributed by atoms with E-state index in [1.807, 2.05) is 48.5 Å². The molecule has 16 nitrogen and oxygen atoms in total. The molecule has 6 aromatic rings. The zero-order chi connectivity index (χ0) is 66.7. The van der Waals surface area contributed by atoms with Crippen LogP contribution in [0.2, 0.25) is 0 Å². The molecule has 1 unspecified atom stereocenters. The van der Waals surface area contributed by atoms with Crippen LogP contribution in [0.4, 0.5) is 0 Å². The topological polar surface area (TPSA) is 201 Å². The number of benzene rings is 4. The number of sulfonamides is 4. The molecule has 0 saturated carbocycles. The van der Waals surface area contributed by atoms with Crippen molar-refractivity contribution in [3.8, 4) is 0 Å². The van der Waals surface area contributed by atoms with Crippen LogP contribution in [0.25, 0.3) is 22.3 Å². The summed E-state index contributed by atoms with van der Waals surface area (Å²) in [5.41, 5.74) is 11.4. The summed E-state index contributed by atoms with van der Waals surface area (Å²) in [6, 6.07) is 36.8. The molecule has 4 N–H and O–H groups in total. The van der Waals surface area contributed by atoms with Gasteiger partial charge < -0.3 is 0 Å². The van der Waals surface area contributed by atoms with Gasteiger partial charge >= 0.3 is 5.91 Å². The number of rotatable bonds is 32. The summed E-state index contributed by atoms with van der Waals surface area (Å²) >= 11 is 0. The minimum absolute atomic E-state index is 0.00721. The molecule has 0 bridgehead atoms. The van der Waals surface area contributed by atoms with E-state index in [4.69, 9.17) is 0 Å². The molecular weight excluding hydrogens is 1260 g/mol. The molecule has 12 rings (SSSR count). The second kappa shape index (κ2) is 26.3. The predicted molar refractivity (Wildman–Crippen MR) is 373 cm³/mol. The maximum Gasteiger partial charge on any atom is 0.553 e. The molecule has 0 saturated heterocycles. The lowest BCUT2D eigenvalue weighted by Gasteiger charge is -2.41. The second-order valence-corrected chi connectivity index (χ2v) is 33.3. The first-order valence-corrected chi connectivity index (χ1v) is 39.8. The van der Waals surface area contributed by atoms with E-state index in [0.717, 1.165) is 160 Å². The van der Waals surface area contributed by atoms with Gasteiger partial charge in [-0.1, -0.05) is 171 Å². The van der Waals surface area contributed by atoms with E-state index >= 15 is 0 Å². The van der Waals surface area contributed by atoms with Crippen molar-refractivity contribution in [3.05, 3.63) is 201 Å². The van der Waals surface area contributed by atoms with Gasteiger partial charge in [0.2, 0.25) is 62.9 Å². The first-order valence-electron chi connectivity index (χ1n) is 33.9. The van der Waals surface area contributed by atoms with E-state index in [0.29, 0.717) is 50.4 Å². The largest absolute Gasteiger partial charge is 0.553 e. The van der Waals surface area contributed by atoms with Gasteiger partial charge in [-0.15, -0.1) is 0 Å². The Balaban J connectivity index is 1.07. The Kier molecular flexibility index (Phi) is 18.8. The van der Waals surface area contributed by atoms with Gasteiger partial charge in [0.15, 0.2) is 0 Å². The lowest BCUT2D eigenvalue weighted by atomic mass is 9.82. The molecule has 1 spiro atoms. The van der Waals surface area contributed by atoms with Gasteiger partial charge in [0.25, 0.3) is 0 Å². The molecule has 0 aliphatic carbocycles. The predicted octanol–water partition coefficient (Wildman–Crippen LogP) is 11.2. The van der Waals surface area contributed by atoms with Crippen molar-refractivity contribution in [1.29, 1.82) is 0 Å². The molecule has 0 amide bonds. The molecule has 0 radical (unpaired) electrons. The van der Waals surface area contributed by atoms with Crippen molar-refractivity contribution in [2.75, 3.05) is 26.2 Å². The number of allylic oxidation sites excluding steroid dienone is 4. The average molecular weight is 1350 g/mol. The van der Waals surface area contributed by atoms with Crippen molar-refractivity contribution in [1.82, 2.24) is 28.0 Å². The molecule has 4 aromatic carbocycles. The van der Waals surface area contributed by atoms with Crippen LogP contribution in [0.1, 0.15) is 173 Å². The average Bonchev–Trinajstić information content (AvgIpc) is 1.40. The van der Waals surface area contributed by atoms with Gasteiger partial charge in [0.1, 0.15) is 0 Å². The maximum absolute atomic E-state index is 14.1. The molecule has 496 valence electrons. The Morgan fingerprint density at radius 1 is 0.383 bits per heavy atom. The van der Waals surface area contributed by atoms with Gasteiger partial charge in [-0.2, -0.15) is 9.13 Å². The maximum atomic E-state index is 14.1. The van der Waals surface area contributed by atoms with E-state index < -0.39 is 46.0 Å². The summed E-state index contributed by atoms with van der Waals surface area (Å²) < 4.78 is 133. The molecule has 2 aromatic heterocycles. The first-order chi connectivity index (χ1) is 45.1. The van der Waals surface area contributed by atoms with Gasteiger partial charge in [0.05, 0.1) is 64.0 Å². The Bertz CT molecular complexity index is 4770. The smallest absolute Gasteiger partial charge is 0.211 e. The lowest BCUT2D eigenvalue weighted by molar-refractivity contribution is -0.834. The van der Waals surface area contributed by atoms with Crippen molar-refractivity contribution >= 4 is 73.8 Å². The SMILES string of the molecule is CCC(CC)CCNS(=O)(=O)c1ccc(C2=C3C=CC4=[N+]3C35n6c2ccc6C(c2ccc(S(=O)(=O)NCCC(C)(CC)CC)cc2)=C2C=CC(=[N+]23)C(c2ccc(S(=O)(=O)NCCC(CC)CC)cc2)=c2ccc(n25)=C4c2ccc(S(=O)(=O)NCCC(CC)CC)cc2)cc1. The summed E-state index contributed by atoms with van der Waals surface area (Å²) in [6.45, 7) is 20.5. The molecule has 1 atom stereocenters. The number of nitrogens with one attached hydrogen (secondary N) is 4. The van der Waals surface area contributed by atoms with Crippen LogP contribution in [0.3, 0.4) is 0 Å². The summed E-state index contributed by atoms with van der Waals surface area (Å²) in [6.07, 6.45) is 19.1. The number of nitrogens with zero attached hydrogens (tertiary/aromatic N) is 4. The highest BCUT2D eigenvalue weighted by Gasteiger charge is 2.73. The Morgan fingerprint density at radius 2 is 0.681 bits per heavy atom. The summed E-state index contributed by atoms with van der Waals surface area (Å²) in [4.78, 5) is 0.606. The third-order valence-electron chi connectivity index (χ3n) is 21.3. The molecule has 6 aliphatic heterocycles. The van der Waals surface area contributed by atoms with Crippen LogP contribution in [0.15, 0.2) is 177 Å². The summed E-state index contributed by atoms with van der Waals surface area (Å²) in [5, 5.41) is 1.66. The van der Waals surface area contributed by atoms with Crippen LogP contribution < -0.4 is 29.6 Å². The van der Waals surface area contributed by atoms with Crippen molar-refractivity contribution in [2.45, 2.75) is 165 Å². The van der Waals surface area contributed by atoms with Crippen LogP contribution in [-0.2, 0) is 46.0 Å². The van der Waals surface area contributed by atoms with Gasteiger partial charge in [-0.3, -0.25) is 0 Å². The summed E-state index contributed by atoms with van der Waals surface area (Å²) in [5.74, 6) is -0.0452. The van der Waals surface area contributed by atoms with E-state index in [1.54, 1.807) is 48.5 Å². The quantitative estimate of drug-likeness (QED) is 0.0299. The minimum atomic E-state index is -3.89. The summed E-state index contributed by atoms with van der Waals surface area (Å²) in [7, 11) is -15.5. The van der Waals surface area contributed by atoms with Crippen molar-refractivity contribution in [2.24, 2.45) is 23.2 Å². The van der Waals surface area contributed by atoms with E-state index in [1.165, 1.54) is 0 Å². The second-order valence-electron chi connectivity index (χ2n) is 26.2. The van der Waals surface area contributed by atoms with Gasteiger partial charge in [-0.25, -0.2) is 52.6 Å². The number of hydrogen-bond donors (Lipinski definition) is 4. The number of aromatic nitrogens is 2. The third-order valence-corrected chi connectivity index (χ3v) is 27.2. The molecule has 20 heteroatoms. The van der Waals surface area contributed by atoms with Gasteiger partial charge in [0, 0.05) is 50.5 Å². The van der Waals surface area contributed by atoms with E-state index in [2.05, 4.69) is 148 Å². The monoisotopic (exact) mass is 1350 g/mol. The van der Waals surface area contributed by atoms with Crippen LogP contribution in [0.5, 0.6) is 0 Å². The Labute approximate surface area is 556 Å². The van der Waals surface area contributed by atoms with E-state index in [-0.39, 0.29) is 25.0 Å². The van der Waals surface area contributed by atoms with Gasteiger partial charge in [-0.05, 0) is 144 Å². The normalized spacial score (nSPS) is 17.4. The lowest BCUT2D eigenvalue weighted by Crippen LogP contribution is -2.71. The molecular formula is C74H90N8O8S4+2. The molecule has 94 heavy (non-hydrogen) atoms. The fourth-order valence-corrected chi connectivity index (χ4v) is 19.0. The highest BCUT2D eigenvalue weighted by molar-refractivity contribution is 7.90. The van der Waals surface area contributed by atoms with Crippen LogP contribution in [0, 0.1) is 23.2 Å². The van der Waals surface area contributed by atoms with E-state index in [9.17, 15) is 33.7 Å². The molecule has 8 heterocycles. The third kappa shape index (κ3) is 11.6. The number of hydrogen-bond acceptors (Lipinski definition) is 8. The van der Waals surface area contributed by atoms with Crippen molar-refractivity contribution < 1.29 is 42.8 Å². The molecule has 6 aliphatic rings. The minimum Gasteiger partial charge on any atom is -0.211 e. The zero-order valence-corrected chi connectivity index (χ0v) is 58.9. The zero-order valence-electron chi connectivity index (χ0n) is 55.6. The fourth-order valence-electron chi connectivity index (χ4n) is 14.8. The Morgan fingerprint density at radius 3 is 0.979 bits per heavy atom. The Hall–Kier alpha value is -6.88.